The molecule has 0 radical (unpaired) electrons. The largest absolute Gasteiger partial charge is 0.493 e. The van der Waals surface area contributed by atoms with E-state index in [-0.39, 0.29) is 0 Å². The zero-order valence-corrected chi connectivity index (χ0v) is 16.9. The quantitative estimate of drug-likeness (QED) is 0.435. The van der Waals surface area contributed by atoms with E-state index in [1.807, 2.05) is 54.6 Å². The molecule has 1 N–H and O–H groups in total. The molecule has 0 bridgehead atoms. The Morgan fingerprint density at radius 2 is 1.60 bits per heavy atom. The molecule has 4 heteroatoms. The van der Waals surface area contributed by atoms with E-state index in [0.29, 0.717) is 19.4 Å². The van der Waals surface area contributed by atoms with Gasteiger partial charge in [-0.15, -0.1) is 0 Å². The van der Waals surface area contributed by atoms with Crippen molar-refractivity contribution in [2.75, 3.05) is 13.7 Å². The van der Waals surface area contributed by atoms with Crippen molar-refractivity contribution in [2.24, 2.45) is 0 Å². The van der Waals surface area contributed by atoms with Gasteiger partial charge in [0, 0.05) is 25.5 Å². The standard InChI is InChI=1S/C26H24O4/c1-29-25(26(27)28)19-21-12-10-20(11-13-21)7-5-6-18-30-24-16-14-23(15-17-24)22-8-3-2-4-9-22/h2-4,8-17,25H,6,18-19H2,1H3,(H,27,28). The van der Waals surface area contributed by atoms with Crippen LogP contribution >= 0.6 is 0 Å². The molecule has 0 saturated carbocycles. The molecule has 0 saturated heterocycles. The van der Waals surface area contributed by atoms with E-state index in [1.54, 1.807) is 0 Å². The van der Waals surface area contributed by atoms with Crippen LogP contribution in [-0.2, 0) is 16.0 Å². The first-order chi connectivity index (χ1) is 14.7. The topological polar surface area (TPSA) is 55.8 Å². The zero-order chi connectivity index (χ0) is 21.2. The third-order valence-corrected chi connectivity index (χ3v) is 4.62. The highest BCUT2D eigenvalue weighted by molar-refractivity contribution is 5.72. The third-order valence-electron chi connectivity index (χ3n) is 4.62. The Hall–Kier alpha value is -3.55. The third kappa shape index (κ3) is 6.23. The van der Waals surface area contributed by atoms with Crippen LogP contribution in [0.3, 0.4) is 0 Å². The summed E-state index contributed by atoms with van der Waals surface area (Å²) < 4.78 is 10.7. The van der Waals surface area contributed by atoms with E-state index in [0.717, 1.165) is 22.4 Å². The molecule has 1 atom stereocenters. The highest BCUT2D eigenvalue weighted by Crippen LogP contribution is 2.22. The van der Waals surface area contributed by atoms with Gasteiger partial charge in [0.2, 0.25) is 0 Å². The van der Waals surface area contributed by atoms with Crippen molar-refractivity contribution in [3.05, 3.63) is 90.0 Å². The molecule has 30 heavy (non-hydrogen) atoms. The average Bonchev–Trinajstić information content (AvgIpc) is 2.79. The van der Waals surface area contributed by atoms with Gasteiger partial charge >= 0.3 is 5.97 Å². The van der Waals surface area contributed by atoms with Gasteiger partial charge in [0.05, 0.1) is 6.61 Å². The number of carbonyl (C=O) groups is 1. The molecule has 0 aliphatic rings. The summed E-state index contributed by atoms with van der Waals surface area (Å²) in [6, 6.07) is 25.8. The normalized spacial score (nSPS) is 11.2. The first-order valence-corrected chi connectivity index (χ1v) is 9.77. The number of hydrogen-bond donors (Lipinski definition) is 1. The molecule has 152 valence electrons. The van der Waals surface area contributed by atoms with Crippen LogP contribution in [-0.4, -0.2) is 30.9 Å². The lowest BCUT2D eigenvalue weighted by atomic mass is 10.1. The Balaban J connectivity index is 1.45. The molecule has 0 aliphatic heterocycles. The molecule has 3 aromatic rings. The summed E-state index contributed by atoms with van der Waals surface area (Å²) in [6.07, 6.45) is 0.115. The maximum Gasteiger partial charge on any atom is 0.333 e. The van der Waals surface area contributed by atoms with Crippen molar-refractivity contribution < 1.29 is 19.4 Å². The highest BCUT2D eigenvalue weighted by Gasteiger charge is 2.16. The van der Waals surface area contributed by atoms with Crippen LogP contribution in [0, 0.1) is 11.8 Å². The number of rotatable bonds is 8. The van der Waals surface area contributed by atoms with Crippen molar-refractivity contribution >= 4 is 5.97 Å². The van der Waals surface area contributed by atoms with E-state index >= 15 is 0 Å². The van der Waals surface area contributed by atoms with Gasteiger partial charge < -0.3 is 14.6 Å². The highest BCUT2D eigenvalue weighted by atomic mass is 16.5. The second kappa shape index (κ2) is 10.8. The van der Waals surface area contributed by atoms with E-state index in [9.17, 15) is 4.79 Å². The summed E-state index contributed by atoms with van der Waals surface area (Å²) in [4.78, 5) is 11.0. The van der Waals surface area contributed by atoms with E-state index < -0.39 is 12.1 Å². The smallest absolute Gasteiger partial charge is 0.333 e. The minimum Gasteiger partial charge on any atom is -0.493 e. The maximum atomic E-state index is 11.0. The molecule has 0 aliphatic carbocycles. The predicted octanol–water partition coefficient (Wildman–Crippen LogP) is 4.82. The van der Waals surface area contributed by atoms with Crippen LogP contribution in [0.4, 0.5) is 0 Å². The summed E-state index contributed by atoms with van der Waals surface area (Å²) in [5.41, 5.74) is 4.13. The van der Waals surface area contributed by atoms with Gasteiger partial charge in [-0.25, -0.2) is 4.79 Å². The van der Waals surface area contributed by atoms with Gasteiger partial charge in [-0.2, -0.15) is 0 Å². The number of hydrogen-bond acceptors (Lipinski definition) is 3. The van der Waals surface area contributed by atoms with Gasteiger partial charge in [0.1, 0.15) is 5.75 Å². The number of ether oxygens (including phenoxy) is 2. The number of benzene rings is 3. The summed E-state index contributed by atoms with van der Waals surface area (Å²) in [7, 11) is 1.40. The molecular formula is C26H24O4. The monoisotopic (exact) mass is 400 g/mol. The summed E-state index contributed by atoms with van der Waals surface area (Å²) in [6.45, 7) is 0.518. The Bertz CT molecular complexity index is 997. The van der Waals surface area contributed by atoms with Gasteiger partial charge in [0.15, 0.2) is 6.10 Å². The average molecular weight is 400 g/mol. The number of carboxylic acid groups (broad SMARTS) is 1. The lowest BCUT2D eigenvalue weighted by Gasteiger charge is -2.10. The summed E-state index contributed by atoms with van der Waals surface area (Å²) >= 11 is 0. The fourth-order valence-electron chi connectivity index (χ4n) is 2.97. The molecule has 0 spiro atoms. The Morgan fingerprint density at radius 1 is 0.933 bits per heavy atom. The number of aliphatic carboxylic acids is 1. The minimum atomic E-state index is -0.962. The molecule has 3 aromatic carbocycles. The van der Waals surface area contributed by atoms with Gasteiger partial charge in [-0.1, -0.05) is 66.4 Å². The van der Waals surface area contributed by atoms with Crippen molar-refractivity contribution in [1.82, 2.24) is 0 Å². The summed E-state index contributed by atoms with van der Waals surface area (Å²) in [5.74, 6) is 6.07. The fourth-order valence-corrected chi connectivity index (χ4v) is 2.97. The molecule has 0 heterocycles. The molecule has 0 fully saturated rings. The Morgan fingerprint density at radius 3 is 2.23 bits per heavy atom. The van der Waals surface area contributed by atoms with Crippen LogP contribution in [0.1, 0.15) is 17.5 Å². The SMILES string of the molecule is COC(Cc1ccc(C#CCCOc2ccc(-c3ccccc3)cc2)cc1)C(=O)O. The van der Waals surface area contributed by atoms with Crippen LogP contribution in [0.2, 0.25) is 0 Å². The van der Waals surface area contributed by atoms with Crippen LogP contribution < -0.4 is 4.74 Å². The van der Waals surface area contributed by atoms with E-state index in [2.05, 4.69) is 36.1 Å². The van der Waals surface area contributed by atoms with E-state index in [1.165, 1.54) is 12.7 Å². The predicted molar refractivity (Wildman–Crippen MR) is 117 cm³/mol. The molecule has 4 nitrogen and oxygen atoms in total. The van der Waals surface area contributed by atoms with Crippen molar-refractivity contribution in [3.63, 3.8) is 0 Å². The zero-order valence-electron chi connectivity index (χ0n) is 16.9. The van der Waals surface area contributed by atoms with Crippen molar-refractivity contribution in [3.8, 4) is 28.7 Å². The van der Waals surface area contributed by atoms with Gasteiger partial charge in [-0.3, -0.25) is 0 Å². The number of carboxylic acids is 1. The minimum absolute atomic E-state index is 0.330. The molecule has 3 rings (SSSR count). The second-order valence-corrected chi connectivity index (χ2v) is 6.75. The molecular weight excluding hydrogens is 376 g/mol. The molecule has 0 aromatic heterocycles. The first kappa shape index (κ1) is 21.2. The van der Waals surface area contributed by atoms with Crippen molar-refractivity contribution in [1.29, 1.82) is 0 Å². The Labute approximate surface area is 177 Å². The Kier molecular flexibility index (Phi) is 7.65. The first-order valence-electron chi connectivity index (χ1n) is 9.77. The van der Waals surface area contributed by atoms with Crippen molar-refractivity contribution in [2.45, 2.75) is 18.9 Å². The lowest BCUT2D eigenvalue weighted by Crippen LogP contribution is -2.24. The fraction of sp³-hybridized carbons (Fsp3) is 0.192. The van der Waals surface area contributed by atoms with Gasteiger partial charge in [0.25, 0.3) is 0 Å². The second-order valence-electron chi connectivity index (χ2n) is 6.75. The van der Waals surface area contributed by atoms with E-state index in [4.69, 9.17) is 14.6 Å². The number of methoxy groups -OCH3 is 1. The van der Waals surface area contributed by atoms with Crippen LogP contribution in [0.5, 0.6) is 5.75 Å². The maximum absolute atomic E-state index is 11.0. The molecule has 0 amide bonds. The van der Waals surface area contributed by atoms with Crippen LogP contribution in [0.25, 0.3) is 11.1 Å². The lowest BCUT2D eigenvalue weighted by molar-refractivity contribution is -0.148. The molecule has 1 unspecified atom stereocenters. The van der Waals surface area contributed by atoms with Crippen LogP contribution in [0.15, 0.2) is 78.9 Å². The van der Waals surface area contributed by atoms with Gasteiger partial charge in [-0.05, 0) is 41.0 Å². The summed E-state index contributed by atoms with van der Waals surface area (Å²) in [5, 5.41) is 9.04.